The van der Waals surface area contributed by atoms with Gasteiger partial charge in [0.15, 0.2) is 0 Å². The predicted molar refractivity (Wildman–Crippen MR) is 80.4 cm³/mol. The minimum Gasteiger partial charge on any atom is -0.494 e. The fraction of sp³-hybridized carbons (Fsp3) is 0.500. The molecule has 1 rings (SSSR count). The van der Waals surface area contributed by atoms with E-state index in [2.05, 4.69) is 5.32 Å². The highest BCUT2D eigenvalue weighted by atomic mass is 16.5. The molecule has 0 fully saturated rings. The quantitative estimate of drug-likeness (QED) is 0.771. The second-order valence-corrected chi connectivity index (χ2v) is 5.64. The van der Waals surface area contributed by atoms with Crippen LogP contribution in [-0.2, 0) is 16.0 Å². The van der Waals surface area contributed by atoms with Gasteiger partial charge in [0.2, 0.25) is 5.91 Å². The standard InChI is InChI=1S/C16H23NO4/c1-4-8-21-13-7-5-6-12(9-13)10-14(18)17-11-16(2,3)15(19)20/h5-7,9H,4,8,10-11H2,1-3H3,(H,17,18)(H,19,20). The Kier molecular flexibility index (Phi) is 6.21. The zero-order valence-corrected chi connectivity index (χ0v) is 12.8. The number of aliphatic carboxylic acids is 1. The van der Waals surface area contributed by atoms with E-state index in [-0.39, 0.29) is 18.9 Å². The van der Waals surface area contributed by atoms with E-state index in [4.69, 9.17) is 9.84 Å². The molecule has 0 aromatic heterocycles. The van der Waals surface area contributed by atoms with Gasteiger partial charge in [-0.15, -0.1) is 0 Å². The van der Waals surface area contributed by atoms with Gasteiger partial charge in [-0.05, 0) is 38.0 Å². The van der Waals surface area contributed by atoms with Crippen molar-refractivity contribution in [1.82, 2.24) is 5.32 Å². The third-order valence-corrected chi connectivity index (χ3v) is 3.04. The molecule has 0 aliphatic heterocycles. The highest BCUT2D eigenvalue weighted by Crippen LogP contribution is 2.15. The molecule has 0 aliphatic carbocycles. The third-order valence-electron chi connectivity index (χ3n) is 3.04. The van der Waals surface area contributed by atoms with E-state index in [0.29, 0.717) is 6.61 Å². The van der Waals surface area contributed by atoms with Crippen molar-refractivity contribution < 1.29 is 19.4 Å². The number of ether oxygens (including phenoxy) is 1. The van der Waals surface area contributed by atoms with Gasteiger partial charge in [0, 0.05) is 6.54 Å². The van der Waals surface area contributed by atoms with Crippen LogP contribution in [0.15, 0.2) is 24.3 Å². The van der Waals surface area contributed by atoms with Crippen LogP contribution in [0, 0.1) is 5.41 Å². The first-order valence-corrected chi connectivity index (χ1v) is 7.07. The summed E-state index contributed by atoms with van der Waals surface area (Å²) in [5, 5.41) is 11.6. The summed E-state index contributed by atoms with van der Waals surface area (Å²) in [6, 6.07) is 7.37. The monoisotopic (exact) mass is 293 g/mol. The number of rotatable bonds is 8. The second-order valence-electron chi connectivity index (χ2n) is 5.64. The van der Waals surface area contributed by atoms with Crippen molar-refractivity contribution in [3.8, 4) is 5.75 Å². The van der Waals surface area contributed by atoms with Crippen molar-refractivity contribution in [3.05, 3.63) is 29.8 Å². The number of carbonyl (C=O) groups excluding carboxylic acids is 1. The maximum atomic E-state index is 11.9. The van der Waals surface area contributed by atoms with Crippen molar-refractivity contribution >= 4 is 11.9 Å². The minimum absolute atomic E-state index is 0.104. The van der Waals surface area contributed by atoms with Gasteiger partial charge < -0.3 is 15.2 Å². The highest BCUT2D eigenvalue weighted by Gasteiger charge is 2.27. The van der Waals surface area contributed by atoms with Crippen LogP contribution in [0.3, 0.4) is 0 Å². The van der Waals surface area contributed by atoms with Gasteiger partial charge in [-0.1, -0.05) is 19.1 Å². The van der Waals surface area contributed by atoms with Gasteiger partial charge in [-0.25, -0.2) is 0 Å². The van der Waals surface area contributed by atoms with Gasteiger partial charge >= 0.3 is 5.97 Å². The summed E-state index contributed by atoms with van der Waals surface area (Å²) in [5.74, 6) is -0.386. The first-order chi connectivity index (χ1) is 9.85. The summed E-state index contributed by atoms with van der Waals surface area (Å²) >= 11 is 0. The van der Waals surface area contributed by atoms with Gasteiger partial charge in [0.25, 0.3) is 0 Å². The molecule has 1 amide bonds. The fourth-order valence-electron chi connectivity index (χ4n) is 1.61. The van der Waals surface area contributed by atoms with Crippen molar-refractivity contribution in [2.75, 3.05) is 13.2 Å². The molecular weight excluding hydrogens is 270 g/mol. The average molecular weight is 293 g/mol. The maximum Gasteiger partial charge on any atom is 0.310 e. The van der Waals surface area contributed by atoms with E-state index < -0.39 is 11.4 Å². The number of carboxylic acids is 1. The molecule has 0 saturated carbocycles. The third kappa shape index (κ3) is 5.85. The van der Waals surface area contributed by atoms with Gasteiger partial charge in [-0.3, -0.25) is 9.59 Å². The molecule has 0 bridgehead atoms. The van der Waals surface area contributed by atoms with Gasteiger partial charge in [0.1, 0.15) is 5.75 Å². The number of benzene rings is 1. The van der Waals surface area contributed by atoms with Crippen molar-refractivity contribution in [2.24, 2.45) is 5.41 Å². The number of carboxylic acid groups (broad SMARTS) is 1. The Balaban J connectivity index is 2.53. The van der Waals surface area contributed by atoms with E-state index in [0.717, 1.165) is 17.7 Å². The van der Waals surface area contributed by atoms with E-state index in [1.54, 1.807) is 13.8 Å². The summed E-state index contributed by atoms with van der Waals surface area (Å²) < 4.78 is 5.51. The first-order valence-electron chi connectivity index (χ1n) is 7.07. The molecule has 0 atom stereocenters. The van der Waals surface area contributed by atoms with Crippen molar-refractivity contribution in [3.63, 3.8) is 0 Å². The number of hydrogen-bond donors (Lipinski definition) is 2. The lowest BCUT2D eigenvalue weighted by Crippen LogP contribution is -2.39. The lowest BCUT2D eigenvalue weighted by molar-refractivity contribution is -0.146. The Morgan fingerprint density at radius 1 is 1.33 bits per heavy atom. The average Bonchev–Trinajstić information content (AvgIpc) is 2.43. The Hall–Kier alpha value is -2.04. The fourth-order valence-corrected chi connectivity index (χ4v) is 1.61. The van der Waals surface area contributed by atoms with Crippen LogP contribution < -0.4 is 10.1 Å². The molecule has 0 saturated heterocycles. The number of carbonyl (C=O) groups is 2. The predicted octanol–water partition coefficient (Wildman–Crippen LogP) is 2.24. The second kappa shape index (κ2) is 7.67. The van der Waals surface area contributed by atoms with E-state index in [9.17, 15) is 9.59 Å². The van der Waals surface area contributed by atoms with E-state index in [1.807, 2.05) is 31.2 Å². The van der Waals surface area contributed by atoms with Crippen LogP contribution in [0.1, 0.15) is 32.8 Å². The molecule has 0 spiro atoms. The van der Waals surface area contributed by atoms with Crippen LogP contribution in [0.5, 0.6) is 5.75 Å². The largest absolute Gasteiger partial charge is 0.494 e. The van der Waals surface area contributed by atoms with E-state index in [1.165, 1.54) is 0 Å². The lowest BCUT2D eigenvalue weighted by Gasteiger charge is -2.19. The summed E-state index contributed by atoms with van der Waals surface area (Å²) in [4.78, 5) is 22.8. The summed E-state index contributed by atoms with van der Waals surface area (Å²) in [6.45, 7) is 5.93. The molecular formula is C16H23NO4. The molecule has 1 aromatic rings. The van der Waals surface area contributed by atoms with Crippen LogP contribution in [0.2, 0.25) is 0 Å². The zero-order valence-electron chi connectivity index (χ0n) is 12.8. The molecule has 0 aliphatic rings. The molecule has 21 heavy (non-hydrogen) atoms. The Morgan fingerprint density at radius 3 is 2.67 bits per heavy atom. The Bertz CT molecular complexity index is 497. The smallest absolute Gasteiger partial charge is 0.310 e. The molecule has 1 aromatic carbocycles. The first kappa shape index (κ1) is 17.0. The molecule has 116 valence electrons. The Labute approximate surface area is 125 Å². The molecule has 0 unspecified atom stereocenters. The maximum absolute atomic E-state index is 11.9. The lowest BCUT2D eigenvalue weighted by atomic mass is 9.94. The normalized spacial score (nSPS) is 11.0. The van der Waals surface area contributed by atoms with Crippen molar-refractivity contribution in [2.45, 2.75) is 33.6 Å². The molecule has 5 nitrogen and oxygen atoms in total. The van der Waals surface area contributed by atoms with Crippen molar-refractivity contribution in [1.29, 1.82) is 0 Å². The van der Waals surface area contributed by atoms with E-state index >= 15 is 0 Å². The Morgan fingerprint density at radius 2 is 2.05 bits per heavy atom. The SMILES string of the molecule is CCCOc1cccc(CC(=O)NCC(C)(C)C(=O)O)c1. The summed E-state index contributed by atoms with van der Waals surface area (Å²) in [5.41, 5.74) is -0.129. The van der Waals surface area contributed by atoms with Gasteiger partial charge in [0.05, 0.1) is 18.4 Å². The summed E-state index contributed by atoms with van der Waals surface area (Å²) in [6.07, 6.45) is 1.13. The van der Waals surface area contributed by atoms with Gasteiger partial charge in [-0.2, -0.15) is 0 Å². The molecule has 5 heteroatoms. The van der Waals surface area contributed by atoms with Crippen LogP contribution in [0.25, 0.3) is 0 Å². The zero-order chi connectivity index (χ0) is 15.9. The molecule has 2 N–H and O–H groups in total. The van der Waals surface area contributed by atoms with Crippen LogP contribution >= 0.6 is 0 Å². The number of hydrogen-bond acceptors (Lipinski definition) is 3. The minimum atomic E-state index is -0.970. The summed E-state index contributed by atoms with van der Waals surface area (Å²) in [7, 11) is 0. The highest BCUT2D eigenvalue weighted by molar-refractivity contribution is 5.80. The number of amides is 1. The molecule has 0 radical (unpaired) electrons. The van der Waals surface area contributed by atoms with Crippen LogP contribution in [0.4, 0.5) is 0 Å². The number of nitrogens with one attached hydrogen (secondary N) is 1. The molecule has 0 heterocycles. The van der Waals surface area contributed by atoms with Crippen LogP contribution in [-0.4, -0.2) is 30.1 Å². The topological polar surface area (TPSA) is 75.6 Å².